The van der Waals surface area contributed by atoms with Gasteiger partial charge in [0, 0.05) is 17.4 Å². The lowest BCUT2D eigenvalue weighted by molar-refractivity contribution is 1.52. The van der Waals surface area contributed by atoms with E-state index in [4.69, 9.17) is 0 Å². The maximum Gasteiger partial charge on any atom is 0.0470 e. The van der Waals surface area contributed by atoms with Crippen molar-refractivity contribution in [1.82, 2.24) is 0 Å². The van der Waals surface area contributed by atoms with Gasteiger partial charge in [0.1, 0.15) is 0 Å². The highest BCUT2D eigenvalue weighted by atomic mass is 14.9. The highest BCUT2D eigenvalue weighted by molar-refractivity contribution is 5.72. The first-order valence-corrected chi connectivity index (χ1v) is 8.38. The summed E-state index contributed by atoms with van der Waals surface area (Å²) in [5.74, 6) is 0. The molecule has 0 amide bonds. The topological polar surface area (TPSA) is 12.0 Å². The van der Waals surface area contributed by atoms with Crippen LogP contribution in [0.25, 0.3) is 22.3 Å². The maximum absolute atomic E-state index is 3.44. The fraction of sp³-hybridized carbons (Fsp3) is 0. The Balaban J connectivity index is 1.55. The molecule has 0 saturated heterocycles. The van der Waals surface area contributed by atoms with Gasteiger partial charge in [0.25, 0.3) is 0 Å². The quantitative estimate of drug-likeness (QED) is 0.449. The van der Waals surface area contributed by atoms with Gasteiger partial charge in [-0.1, -0.05) is 84.9 Å². The molecule has 0 spiro atoms. The van der Waals surface area contributed by atoms with Crippen LogP contribution < -0.4 is 5.32 Å². The van der Waals surface area contributed by atoms with Crippen LogP contribution in [0.2, 0.25) is 0 Å². The average Bonchev–Trinajstić information content (AvgIpc) is 2.70. The molecule has 0 heterocycles. The molecule has 0 saturated carbocycles. The van der Waals surface area contributed by atoms with Crippen LogP contribution in [0.5, 0.6) is 0 Å². The minimum atomic E-state index is 0.966. The Morgan fingerprint density at radius 2 is 1.08 bits per heavy atom. The molecule has 0 fully saturated rings. The van der Waals surface area contributed by atoms with Crippen molar-refractivity contribution < 1.29 is 0 Å². The number of hydrogen-bond acceptors (Lipinski definition) is 1. The van der Waals surface area contributed by atoms with E-state index < -0.39 is 0 Å². The molecule has 1 radical (unpaired) electrons. The summed E-state index contributed by atoms with van der Waals surface area (Å²) in [5, 5.41) is 3.44. The number of hydrogen-bond donors (Lipinski definition) is 1. The van der Waals surface area contributed by atoms with Crippen LogP contribution in [-0.2, 0) is 0 Å². The molecule has 0 atom stereocenters. The summed E-state index contributed by atoms with van der Waals surface area (Å²) in [4.78, 5) is 0. The van der Waals surface area contributed by atoms with E-state index in [2.05, 4.69) is 96.3 Å². The molecular formula is C24H18N. The summed E-state index contributed by atoms with van der Waals surface area (Å²) < 4.78 is 0. The van der Waals surface area contributed by atoms with Crippen LogP contribution in [0, 0.1) is 6.07 Å². The monoisotopic (exact) mass is 320 g/mol. The second-order valence-electron chi connectivity index (χ2n) is 5.93. The van der Waals surface area contributed by atoms with E-state index in [1.807, 2.05) is 18.2 Å². The Morgan fingerprint density at radius 1 is 0.520 bits per heavy atom. The molecule has 0 bridgehead atoms. The van der Waals surface area contributed by atoms with Gasteiger partial charge in [-0.25, -0.2) is 0 Å². The molecule has 1 N–H and O–H groups in total. The van der Waals surface area contributed by atoms with Crippen LogP contribution in [0.4, 0.5) is 11.4 Å². The van der Waals surface area contributed by atoms with Gasteiger partial charge in [-0.05, 0) is 40.5 Å². The molecule has 1 heteroatoms. The molecule has 0 aliphatic heterocycles. The molecule has 4 rings (SSSR count). The van der Waals surface area contributed by atoms with Crippen LogP contribution in [0.1, 0.15) is 0 Å². The third-order valence-electron chi connectivity index (χ3n) is 4.18. The number of benzene rings is 4. The van der Waals surface area contributed by atoms with Crippen LogP contribution in [0.3, 0.4) is 0 Å². The third-order valence-corrected chi connectivity index (χ3v) is 4.18. The van der Waals surface area contributed by atoms with Crippen molar-refractivity contribution in [1.29, 1.82) is 0 Å². The second-order valence-corrected chi connectivity index (χ2v) is 5.93. The number of rotatable bonds is 4. The third kappa shape index (κ3) is 3.61. The molecular weight excluding hydrogens is 302 g/mol. The van der Waals surface area contributed by atoms with Gasteiger partial charge in [-0.2, -0.15) is 0 Å². The van der Waals surface area contributed by atoms with Crippen LogP contribution >= 0.6 is 0 Å². The summed E-state index contributed by atoms with van der Waals surface area (Å²) in [6, 6.07) is 38.7. The van der Waals surface area contributed by atoms with Gasteiger partial charge in [-0.3, -0.25) is 0 Å². The lowest BCUT2D eigenvalue weighted by Crippen LogP contribution is -1.91. The first kappa shape index (κ1) is 15.2. The van der Waals surface area contributed by atoms with Crippen molar-refractivity contribution in [2.24, 2.45) is 0 Å². The molecule has 0 aliphatic carbocycles. The predicted octanol–water partition coefficient (Wildman–Crippen LogP) is 6.56. The molecule has 0 aromatic heterocycles. The number of anilines is 2. The molecule has 25 heavy (non-hydrogen) atoms. The Kier molecular flexibility index (Phi) is 4.30. The number of nitrogens with one attached hydrogen (secondary N) is 1. The van der Waals surface area contributed by atoms with Crippen molar-refractivity contribution in [3.05, 3.63) is 109 Å². The first-order chi connectivity index (χ1) is 12.4. The van der Waals surface area contributed by atoms with E-state index in [9.17, 15) is 0 Å². The lowest BCUT2D eigenvalue weighted by atomic mass is 10.0. The zero-order valence-electron chi connectivity index (χ0n) is 13.8. The highest BCUT2D eigenvalue weighted by Crippen LogP contribution is 2.26. The van der Waals surface area contributed by atoms with Crippen molar-refractivity contribution in [3.63, 3.8) is 0 Å². The summed E-state index contributed by atoms with van der Waals surface area (Å²) in [7, 11) is 0. The molecule has 119 valence electrons. The molecule has 0 unspecified atom stereocenters. The van der Waals surface area contributed by atoms with Crippen LogP contribution in [0.15, 0.2) is 103 Å². The van der Waals surface area contributed by atoms with Crippen molar-refractivity contribution in [2.75, 3.05) is 5.32 Å². The second kappa shape index (κ2) is 7.06. The van der Waals surface area contributed by atoms with Crippen molar-refractivity contribution in [3.8, 4) is 22.3 Å². The van der Waals surface area contributed by atoms with E-state index in [1.165, 1.54) is 22.3 Å². The summed E-state index contributed by atoms with van der Waals surface area (Å²) in [6.07, 6.45) is 0. The zero-order valence-corrected chi connectivity index (χ0v) is 13.8. The van der Waals surface area contributed by atoms with E-state index in [1.54, 1.807) is 0 Å². The summed E-state index contributed by atoms with van der Waals surface area (Å²) >= 11 is 0. The fourth-order valence-corrected chi connectivity index (χ4v) is 2.88. The van der Waals surface area contributed by atoms with Crippen molar-refractivity contribution >= 4 is 11.4 Å². The maximum atomic E-state index is 3.44. The SMILES string of the molecule is [c]1ccc(-c2ccccc2)cc1Nc1ccc(-c2ccccc2)cc1. The smallest absolute Gasteiger partial charge is 0.0470 e. The average molecular weight is 320 g/mol. The van der Waals surface area contributed by atoms with E-state index >= 15 is 0 Å². The van der Waals surface area contributed by atoms with Gasteiger partial charge in [0.05, 0.1) is 0 Å². The minimum Gasteiger partial charge on any atom is -0.355 e. The Morgan fingerprint density at radius 3 is 1.72 bits per heavy atom. The molecule has 4 aromatic carbocycles. The first-order valence-electron chi connectivity index (χ1n) is 8.38. The van der Waals surface area contributed by atoms with Gasteiger partial charge >= 0.3 is 0 Å². The fourth-order valence-electron chi connectivity index (χ4n) is 2.88. The lowest BCUT2D eigenvalue weighted by Gasteiger charge is -2.09. The van der Waals surface area contributed by atoms with E-state index in [-0.39, 0.29) is 0 Å². The Labute approximate surface area is 148 Å². The minimum absolute atomic E-state index is 0.966. The Bertz CT molecular complexity index is 942. The van der Waals surface area contributed by atoms with Gasteiger partial charge in [0.15, 0.2) is 0 Å². The zero-order chi connectivity index (χ0) is 16.9. The predicted molar refractivity (Wildman–Crippen MR) is 106 cm³/mol. The van der Waals surface area contributed by atoms with Gasteiger partial charge in [-0.15, -0.1) is 0 Å². The normalized spacial score (nSPS) is 10.4. The molecule has 4 aromatic rings. The highest BCUT2D eigenvalue weighted by Gasteiger charge is 2.01. The largest absolute Gasteiger partial charge is 0.355 e. The summed E-state index contributed by atoms with van der Waals surface area (Å²) in [5.41, 5.74) is 6.86. The molecule has 0 aliphatic rings. The van der Waals surface area contributed by atoms with Gasteiger partial charge < -0.3 is 5.32 Å². The summed E-state index contributed by atoms with van der Waals surface area (Å²) in [6.45, 7) is 0. The van der Waals surface area contributed by atoms with E-state index in [0.717, 1.165) is 11.4 Å². The van der Waals surface area contributed by atoms with E-state index in [0.29, 0.717) is 0 Å². The standard InChI is InChI=1S/C24H18N/c1-3-8-19(9-4-1)21-14-16-23(17-15-21)25-24-13-7-12-22(18-24)20-10-5-2-6-11-20/h1-12,14-18,25H. The Hall–Kier alpha value is -3.32. The van der Waals surface area contributed by atoms with Crippen molar-refractivity contribution in [2.45, 2.75) is 0 Å². The van der Waals surface area contributed by atoms with Gasteiger partial charge in [0.2, 0.25) is 0 Å². The van der Waals surface area contributed by atoms with Crippen LogP contribution in [-0.4, -0.2) is 0 Å². The molecule has 1 nitrogen and oxygen atoms in total.